The molecule has 6 rings (SSSR count). The number of morpholine rings is 1. The molecule has 2 aliphatic heterocycles. The van der Waals surface area contributed by atoms with Crippen molar-refractivity contribution in [2.45, 2.75) is 76.7 Å². The average molecular weight is 673 g/mol. The van der Waals surface area contributed by atoms with E-state index in [0.717, 1.165) is 44.5 Å². The van der Waals surface area contributed by atoms with Gasteiger partial charge in [-0.15, -0.1) is 11.3 Å². The normalized spacial score (nSPS) is 17.8. The van der Waals surface area contributed by atoms with E-state index in [9.17, 15) is 19.8 Å². The molecule has 256 valence electrons. The number of aromatic amines is 1. The molecule has 1 atom stereocenters. The first-order valence-corrected chi connectivity index (χ1v) is 17.9. The number of pyridine rings is 1. The molecule has 0 saturated carbocycles. The van der Waals surface area contributed by atoms with Gasteiger partial charge in [-0.3, -0.25) is 14.5 Å². The average Bonchev–Trinajstić information content (AvgIpc) is 3.56. The lowest BCUT2D eigenvalue weighted by atomic mass is 9.88. The van der Waals surface area contributed by atoms with Crippen LogP contribution in [0.2, 0.25) is 0 Å². The van der Waals surface area contributed by atoms with E-state index in [1.165, 1.54) is 28.1 Å². The lowest BCUT2D eigenvalue weighted by Gasteiger charge is -2.47. The van der Waals surface area contributed by atoms with Crippen LogP contribution in [0.5, 0.6) is 5.75 Å². The van der Waals surface area contributed by atoms with Gasteiger partial charge in [0.1, 0.15) is 5.75 Å². The molecule has 1 spiro atoms. The summed E-state index contributed by atoms with van der Waals surface area (Å²) in [6, 6.07) is 17.0. The number of β-amino-alcohol motifs (C(OH)–C–C–N with tert-alkyl or cyclic N) is 1. The maximum atomic E-state index is 13.3. The van der Waals surface area contributed by atoms with Gasteiger partial charge in [0.15, 0.2) is 0 Å². The number of aliphatic hydroxyl groups is 1. The number of piperidine rings is 1. The molecular formula is C38H48N4O5S. The molecule has 2 aliphatic rings. The first kappa shape index (κ1) is 34.3. The summed E-state index contributed by atoms with van der Waals surface area (Å²) in [6.45, 7) is 13.5. The number of aromatic hydroxyl groups is 1. The highest BCUT2D eigenvalue weighted by molar-refractivity contribution is 7.10. The van der Waals surface area contributed by atoms with E-state index in [2.05, 4.69) is 73.2 Å². The molecule has 0 unspecified atom stereocenters. The molecule has 2 saturated heterocycles. The highest BCUT2D eigenvalue weighted by atomic mass is 32.1. The van der Waals surface area contributed by atoms with E-state index < -0.39 is 6.10 Å². The fraction of sp³-hybridized carbons (Fsp3) is 0.474. The summed E-state index contributed by atoms with van der Waals surface area (Å²) >= 11 is 1.67. The van der Waals surface area contributed by atoms with Crippen molar-refractivity contribution in [3.63, 3.8) is 0 Å². The number of rotatable bonds is 10. The van der Waals surface area contributed by atoms with E-state index in [4.69, 9.17) is 4.74 Å². The Kier molecular flexibility index (Phi) is 10.1. The fourth-order valence-corrected chi connectivity index (χ4v) is 7.99. The number of benzene rings is 2. The van der Waals surface area contributed by atoms with Crippen molar-refractivity contribution in [2.75, 3.05) is 39.3 Å². The van der Waals surface area contributed by atoms with Gasteiger partial charge in [-0.1, -0.05) is 44.2 Å². The van der Waals surface area contributed by atoms with Gasteiger partial charge in [0.25, 0.3) is 5.91 Å². The number of thiophene rings is 1. The fourth-order valence-electron chi connectivity index (χ4n) is 7.09. The van der Waals surface area contributed by atoms with Gasteiger partial charge >= 0.3 is 0 Å². The van der Waals surface area contributed by atoms with Crippen LogP contribution in [0.25, 0.3) is 10.9 Å². The van der Waals surface area contributed by atoms with Crippen LogP contribution in [0.4, 0.5) is 0 Å². The molecule has 2 aromatic carbocycles. The molecule has 4 aromatic rings. The summed E-state index contributed by atoms with van der Waals surface area (Å²) in [4.78, 5) is 33.5. The third-order valence-corrected chi connectivity index (χ3v) is 11.1. The zero-order valence-electron chi connectivity index (χ0n) is 28.4. The Bertz CT molecular complexity index is 1810. The number of phenols is 1. The number of aliphatic hydroxyl groups excluding tert-OH is 1. The molecule has 4 N–H and O–H groups in total. The van der Waals surface area contributed by atoms with Gasteiger partial charge in [-0.25, -0.2) is 0 Å². The highest BCUT2D eigenvalue weighted by Crippen LogP contribution is 2.33. The van der Waals surface area contributed by atoms with E-state index in [1.807, 2.05) is 10.3 Å². The minimum absolute atomic E-state index is 0.0220. The lowest BCUT2D eigenvalue weighted by molar-refractivity contribution is -0.127. The molecule has 0 bridgehead atoms. The van der Waals surface area contributed by atoms with Crippen LogP contribution < -0.4 is 10.9 Å². The number of amides is 1. The maximum absolute atomic E-state index is 13.3. The van der Waals surface area contributed by atoms with Crippen molar-refractivity contribution < 1.29 is 19.7 Å². The van der Waals surface area contributed by atoms with Crippen molar-refractivity contribution in [3.05, 3.63) is 97.5 Å². The van der Waals surface area contributed by atoms with E-state index in [1.54, 1.807) is 23.5 Å². The predicted molar refractivity (Wildman–Crippen MR) is 191 cm³/mol. The van der Waals surface area contributed by atoms with Gasteiger partial charge in [0, 0.05) is 60.0 Å². The van der Waals surface area contributed by atoms with E-state index in [-0.39, 0.29) is 28.4 Å². The molecular weight excluding hydrogens is 625 g/mol. The SMILES string of the molecule is CC(C)c1cc(C(=O)N2CCOC3(CCN(Cc4cccc(CC(C)(C)NC[C@H](O)c5ccc(O)c6[nH]c(=O)ccc56)c4)CC3)C2)cs1. The Morgan fingerprint density at radius 2 is 1.85 bits per heavy atom. The number of hydrogen-bond acceptors (Lipinski definition) is 8. The molecule has 1 amide bonds. The second-order valence-electron chi connectivity index (χ2n) is 14.5. The second kappa shape index (κ2) is 14.1. The Balaban J connectivity index is 1.01. The number of H-pyrrole nitrogens is 1. The monoisotopic (exact) mass is 672 g/mol. The van der Waals surface area contributed by atoms with Crippen molar-refractivity contribution in [1.29, 1.82) is 0 Å². The van der Waals surface area contributed by atoms with Gasteiger partial charge < -0.3 is 30.2 Å². The van der Waals surface area contributed by atoms with Crippen LogP contribution in [0, 0.1) is 0 Å². The highest BCUT2D eigenvalue weighted by Gasteiger charge is 2.41. The number of aromatic nitrogens is 1. The lowest BCUT2D eigenvalue weighted by Crippen LogP contribution is -2.57. The van der Waals surface area contributed by atoms with E-state index in [0.29, 0.717) is 48.6 Å². The Morgan fingerprint density at radius 1 is 1.08 bits per heavy atom. The molecule has 4 heterocycles. The van der Waals surface area contributed by atoms with Crippen LogP contribution in [-0.2, 0) is 17.7 Å². The zero-order chi connectivity index (χ0) is 34.1. The van der Waals surface area contributed by atoms with E-state index >= 15 is 0 Å². The van der Waals surface area contributed by atoms with Gasteiger partial charge in [0.2, 0.25) is 5.56 Å². The predicted octanol–water partition coefficient (Wildman–Crippen LogP) is 5.57. The van der Waals surface area contributed by atoms with Crippen LogP contribution >= 0.6 is 11.3 Å². The second-order valence-corrected chi connectivity index (χ2v) is 15.4. The van der Waals surface area contributed by atoms with Crippen molar-refractivity contribution in [3.8, 4) is 5.75 Å². The number of carbonyl (C=O) groups is 1. The molecule has 2 fully saturated rings. The summed E-state index contributed by atoms with van der Waals surface area (Å²) in [7, 11) is 0. The maximum Gasteiger partial charge on any atom is 0.254 e. The summed E-state index contributed by atoms with van der Waals surface area (Å²) in [5.74, 6) is 0.527. The summed E-state index contributed by atoms with van der Waals surface area (Å²) in [6.07, 6.45) is 1.77. The van der Waals surface area contributed by atoms with Crippen LogP contribution in [0.3, 0.4) is 0 Å². The number of nitrogens with zero attached hydrogens (tertiary/aromatic N) is 2. The summed E-state index contributed by atoms with van der Waals surface area (Å²) in [5, 5.41) is 27.4. The minimum Gasteiger partial charge on any atom is -0.506 e. The first-order valence-electron chi connectivity index (χ1n) is 17.0. The molecule has 10 heteroatoms. The number of ether oxygens (including phenoxy) is 1. The number of carbonyl (C=O) groups excluding carboxylic acids is 1. The number of hydrogen-bond donors (Lipinski definition) is 4. The molecule has 2 aromatic heterocycles. The topological polar surface area (TPSA) is 118 Å². The standard InChI is InChI=1S/C38H48N4O5S/c1-25(2)33-19-28(23-48-33)36(46)42-16-17-47-38(24-42)12-14-41(15-13-38)22-27-7-5-6-26(18-27)20-37(3,4)39-21-32(44)29-8-10-31(43)35-30(29)9-11-34(45)40-35/h5-11,18-19,23,25,32,39,43-44H,12-17,20-22,24H2,1-4H3,(H,40,45)/t32-/m0/s1. The first-order chi connectivity index (χ1) is 22.9. The Morgan fingerprint density at radius 3 is 2.60 bits per heavy atom. The van der Waals surface area contributed by atoms with Gasteiger partial charge in [0.05, 0.1) is 35.9 Å². The minimum atomic E-state index is -0.821. The molecule has 0 aliphatic carbocycles. The van der Waals surface area contributed by atoms with Gasteiger partial charge in [-0.2, -0.15) is 0 Å². The van der Waals surface area contributed by atoms with Crippen LogP contribution in [0.1, 0.15) is 84.5 Å². The summed E-state index contributed by atoms with van der Waals surface area (Å²) in [5.41, 5.74) is 3.40. The molecule has 9 nitrogen and oxygen atoms in total. The largest absolute Gasteiger partial charge is 0.506 e. The molecule has 48 heavy (non-hydrogen) atoms. The van der Waals surface area contributed by atoms with Crippen LogP contribution in [-0.4, -0.2) is 81.4 Å². The van der Waals surface area contributed by atoms with Crippen molar-refractivity contribution >= 4 is 28.1 Å². The van der Waals surface area contributed by atoms with Crippen molar-refractivity contribution in [2.24, 2.45) is 0 Å². The number of likely N-dealkylation sites (tertiary alicyclic amines) is 1. The van der Waals surface area contributed by atoms with Crippen molar-refractivity contribution in [1.82, 2.24) is 20.1 Å². The van der Waals surface area contributed by atoms with Gasteiger partial charge in [-0.05, 0) is 73.9 Å². The third kappa shape index (κ3) is 7.84. The zero-order valence-corrected chi connectivity index (χ0v) is 29.2. The molecule has 0 radical (unpaired) electrons. The number of nitrogens with one attached hydrogen (secondary N) is 2. The van der Waals surface area contributed by atoms with Crippen LogP contribution in [0.15, 0.2) is 64.8 Å². The number of fused-ring (bicyclic) bond motifs is 1. The Hall–Kier alpha value is -3.54. The Labute approximate surface area is 286 Å². The smallest absolute Gasteiger partial charge is 0.254 e. The summed E-state index contributed by atoms with van der Waals surface area (Å²) < 4.78 is 6.37. The quantitative estimate of drug-likeness (QED) is 0.174. The number of phenolic OH excluding ortho intramolecular Hbond substituents is 1. The third-order valence-electron chi connectivity index (χ3n) is 9.82.